The van der Waals surface area contributed by atoms with Gasteiger partial charge in [0, 0.05) is 32.2 Å². The highest BCUT2D eigenvalue weighted by Crippen LogP contribution is 2.42. The average Bonchev–Trinajstić information content (AvgIpc) is 3.11. The van der Waals surface area contributed by atoms with Crippen molar-refractivity contribution >= 4 is 24.8 Å². The summed E-state index contributed by atoms with van der Waals surface area (Å²) in [7, 11) is 1.71. The van der Waals surface area contributed by atoms with Gasteiger partial charge in [0.15, 0.2) is 11.5 Å². The summed E-state index contributed by atoms with van der Waals surface area (Å²) < 4.78 is 11.3. The fourth-order valence-corrected chi connectivity index (χ4v) is 4.16. The topological polar surface area (TPSA) is 33.7 Å². The minimum Gasteiger partial charge on any atom is -0.493 e. The molecule has 0 radical (unpaired) electrons. The number of hydrogen-bond donors (Lipinski definition) is 1. The lowest BCUT2D eigenvalue weighted by molar-refractivity contribution is 0.125. The minimum absolute atomic E-state index is 0. The van der Waals surface area contributed by atoms with Gasteiger partial charge >= 0.3 is 0 Å². The molecule has 1 aliphatic carbocycles. The lowest BCUT2D eigenvalue weighted by Crippen LogP contribution is -2.46. The van der Waals surface area contributed by atoms with Gasteiger partial charge < -0.3 is 14.8 Å². The second-order valence-electron chi connectivity index (χ2n) is 6.62. The third kappa shape index (κ3) is 5.40. The van der Waals surface area contributed by atoms with E-state index in [2.05, 4.69) is 28.4 Å². The molecule has 1 saturated heterocycles. The molecular weight excluding hydrogens is 359 g/mol. The lowest BCUT2D eigenvalue weighted by Gasteiger charge is -2.38. The van der Waals surface area contributed by atoms with E-state index in [1.165, 1.54) is 31.2 Å². The maximum absolute atomic E-state index is 5.81. The Hall–Kier alpha value is -0.680. The predicted octanol–water partition coefficient (Wildman–Crippen LogP) is 4.07. The van der Waals surface area contributed by atoms with E-state index in [1.54, 1.807) is 7.11 Å². The van der Waals surface area contributed by atoms with Crippen LogP contribution in [0.1, 0.15) is 44.2 Å². The smallest absolute Gasteiger partial charge is 0.161 e. The Balaban J connectivity index is 0.00000156. The molecular formula is C19H32Cl2N2O2. The Morgan fingerprint density at radius 3 is 2.40 bits per heavy atom. The molecule has 1 aromatic carbocycles. The van der Waals surface area contributed by atoms with Crippen LogP contribution in [0.5, 0.6) is 11.5 Å². The lowest BCUT2D eigenvalue weighted by atomic mass is 9.89. The SMILES string of the molecule is CCOc1cc([C@H](C2CCCC2)N2CCNCC2)ccc1OC.Cl.Cl. The minimum atomic E-state index is 0. The van der Waals surface area contributed by atoms with Crippen LogP contribution in [0, 0.1) is 5.92 Å². The van der Waals surface area contributed by atoms with E-state index in [0.29, 0.717) is 12.6 Å². The first-order chi connectivity index (χ1) is 11.3. The Kier molecular flexibility index (Phi) is 9.95. The van der Waals surface area contributed by atoms with Crippen molar-refractivity contribution < 1.29 is 9.47 Å². The number of nitrogens with one attached hydrogen (secondary N) is 1. The predicted molar refractivity (Wildman–Crippen MR) is 108 cm³/mol. The second-order valence-corrected chi connectivity index (χ2v) is 6.62. The molecule has 2 aliphatic rings. The van der Waals surface area contributed by atoms with Crippen molar-refractivity contribution in [1.82, 2.24) is 10.2 Å². The van der Waals surface area contributed by atoms with Crippen LogP contribution < -0.4 is 14.8 Å². The standard InChI is InChI=1S/C19H30N2O2.2ClH/c1-3-23-18-14-16(8-9-17(18)22-2)19(15-6-4-5-7-15)21-12-10-20-11-13-21;;/h8-9,14-15,19-20H,3-7,10-13H2,1-2H3;2*1H/t19-;;/m0../s1. The van der Waals surface area contributed by atoms with Crippen LogP contribution >= 0.6 is 24.8 Å². The van der Waals surface area contributed by atoms with Gasteiger partial charge in [0.2, 0.25) is 0 Å². The molecule has 0 unspecified atom stereocenters. The normalized spacial score (nSPS) is 19.6. The van der Waals surface area contributed by atoms with Gasteiger partial charge in [0.25, 0.3) is 0 Å². The van der Waals surface area contributed by atoms with Gasteiger partial charge in [-0.2, -0.15) is 0 Å². The Morgan fingerprint density at radius 2 is 1.80 bits per heavy atom. The molecule has 6 heteroatoms. The number of benzene rings is 1. The molecule has 1 aromatic rings. The summed E-state index contributed by atoms with van der Waals surface area (Å²) in [5.74, 6) is 2.49. The Bertz CT molecular complexity index is 504. The number of halogens is 2. The summed E-state index contributed by atoms with van der Waals surface area (Å²) >= 11 is 0. The van der Waals surface area contributed by atoms with Crippen molar-refractivity contribution in [1.29, 1.82) is 0 Å². The third-order valence-corrected chi connectivity index (χ3v) is 5.22. The second kappa shape index (κ2) is 11.1. The van der Waals surface area contributed by atoms with Crippen LogP contribution in [0.4, 0.5) is 0 Å². The summed E-state index contributed by atoms with van der Waals surface area (Å²) in [6.45, 7) is 7.15. The number of rotatable bonds is 6. The molecule has 3 rings (SSSR count). The molecule has 0 aromatic heterocycles. The number of ether oxygens (including phenoxy) is 2. The van der Waals surface area contributed by atoms with Crippen LogP contribution in [-0.4, -0.2) is 44.8 Å². The first kappa shape index (κ1) is 22.4. The van der Waals surface area contributed by atoms with E-state index in [1.807, 2.05) is 6.92 Å². The van der Waals surface area contributed by atoms with E-state index >= 15 is 0 Å². The maximum atomic E-state index is 5.81. The van der Waals surface area contributed by atoms with Crippen LogP contribution in [0.2, 0.25) is 0 Å². The fourth-order valence-electron chi connectivity index (χ4n) is 4.16. The highest BCUT2D eigenvalue weighted by molar-refractivity contribution is 5.85. The monoisotopic (exact) mass is 390 g/mol. The summed E-state index contributed by atoms with van der Waals surface area (Å²) in [5.41, 5.74) is 1.39. The number of hydrogen-bond acceptors (Lipinski definition) is 4. The Labute approximate surface area is 164 Å². The van der Waals surface area contributed by atoms with Crippen molar-refractivity contribution in [2.75, 3.05) is 39.9 Å². The summed E-state index contributed by atoms with van der Waals surface area (Å²) in [4.78, 5) is 2.67. The van der Waals surface area contributed by atoms with E-state index in [0.717, 1.165) is 43.6 Å². The molecule has 1 saturated carbocycles. The zero-order chi connectivity index (χ0) is 16.1. The molecule has 0 spiro atoms. The van der Waals surface area contributed by atoms with Gasteiger partial charge in [-0.05, 0) is 43.4 Å². The van der Waals surface area contributed by atoms with Crippen LogP contribution in [0.15, 0.2) is 18.2 Å². The maximum Gasteiger partial charge on any atom is 0.161 e. The van der Waals surface area contributed by atoms with Crippen molar-refractivity contribution in [2.24, 2.45) is 5.92 Å². The first-order valence-corrected chi connectivity index (χ1v) is 9.09. The van der Waals surface area contributed by atoms with Gasteiger partial charge in [-0.25, -0.2) is 0 Å². The van der Waals surface area contributed by atoms with Crippen LogP contribution in [0.25, 0.3) is 0 Å². The molecule has 0 bridgehead atoms. The molecule has 144 valence electrons. The largest absolute Gasteiger partial charge is 0.493 e. The average molecular weight is 391 g/mol. The van der Waals surface area contributed by atoms with Gasteiger partial charge in [-0.1, -0.05) is 18.9 Å². The first-order valence-electron chi connectivity index (χ1n) is 9.09. The zero-order valence-corrected chi connectivity index (χ0v) is 17.0. The van der Waals surface area contributed by atoms with Crippen molar-refractivity contribution in [3.63, 3.8) is 0 Å². The Morgan fingerprint density at radius 1 is 1.12 bits per heavy atom. The van der Waals surface area contributed by atoms with E-state index in [4.69, 9.17) is 9.47 Å². The fraction of sp³-hybridized carbons (Fsp3) is 0.684. The molecule has 1 N–H and O–H groups in total. The molecule has 1 aliphatic heterocycles. The number of piperazine rings is 1. The highest BCUT2D eigenvalue weighted by atomic mass is 35.5. The summed E-state index contributed by atoms with van der Waals surface area (Å²) in [6.07, 6.45) is 5.46. The van der Waals surface area contributed by atoms with Crippen molar-refractivity contribution in [3.05, 3.63) is 23.8 Å². The molecule has 2 fully saturated rings. The number of methoxy groups -OCH3 is 1. The van der Waals surface area contributed by atoms with E-state index < -0.39 is 0 Å². The van der Waals surface area contributed by atoms with Crippen LogP contribution in [-0.2, 0) is 0 Å². The summed E-state index contributed by atoms with van der Waals surface area (Å²) in [6, 6.07) is 7.05. The molecule has 0 amide bonds. The molecule has 1 heterocycles. The van der Waals surface area contributed by atoms with E-state index in [9.17, 15) is 0 Å². The molecule has 1 atom stereocenters. The van der Waals surface area contributed by atoms with Gasteiger partial charge in [-0.3, -0.25) is 4.90 Å². The quantitative estimate of drug-likeness (QED) is 0.793. The number of nitrogens with zero attached hydrogens (tertiary/aromatic N) is 1. The van der Waals surface area contributed by atoms with Gasteiger partial charge in [0.1, 0.15) is 0 Å². The van der Waals surface area contributed by atoms with E-state index in [-0.39, 0.29) is 24.8 Å². The van der Waals surface area contributed by atoms with Crippen LogP contribution in [0.3, 0.4) is 0 Å². The zero-order valence-electron chi connectivity index (χ0n) is 15.3. The molecule has 4 nitrogen and oxygen atoms in total. The molecule has 25 heavy (non-hydrogen) atoms. The van der Waals surface area contributed by atoms with Gasteiger partial charge in [0.05, 0.1) is 13.7 Å². The van der Waals surface area contributed by atoms with Crippen molar-refractivity contribution in [2.45, 2.75) is 38.6 Å². The highest BCUT2D eigenvalue weighted by Gasteiger charge is 2.32. The van der Waals surface area contributed by atoms with Gasteiger partial charge in [-0.15, -0.1) is 24.8 Å². The summed E-state index contributed by atoms with van der Waals surface area (Å²) in [5, 5.41) is 3.48. The van der Waals surface area contributed by atoms with Crippen molar-refractivity contribution in [3.8, 4) is 11.5 Å². The third-order valence-electron chi connectivity index (χ3n) is 5.22.